The monoisotopic (exact) mass is 290 g/mol. The Bertz CT molecular complexity index is 684. The number of nitrogens with one attached hydrogen (secondary N) is 1. The van der Waals surface area contributed by atoms with Crippen LogP contribution in [0.1, 0.15) is 25.1 Å². The zero-order valence-corrected chi connectivity index (χ0v) is 12.4. The summed E-state index contributed by atoms with van der Waals surface area (Å²) < 4.78 is 13.5. The lowest BCUT2D eigenvalue weighted by molar-refractivity contribution is -0.136. The molecule has 0 spiro atoms. The lowest BCUT2D eigenvalue weighted by Crippen LogP contribution is -2.14. The molecule has 0 amide bonds. The molecule has 112 valence electrons. The number of nitrogens with zero attached hydrogens (tertiary/aromatic N) is 1. The first-order valence-corrected chi connectivity index (χ1v) is 6.93. The van der Waals surface area contributed by atoms with Gasteiger partial charge in [0.1, 0.15) is 5.82 Å². The average molecular weight is 290 g/mol. The first-order chi connectivity index (χ1) is 9.88. The Labute approximate surface area is 123 Å². The van der Waals surface area contributed by atoms with Crippen molar-refractivity contribution < 1.29 is 14.3 Å². The SMILES string of the molecule is Cc1nc2ccc(F)cc2c(NCC(C)C)c1CC(=O)O. The number of carboxylic acid groups (broad SMARTS) is 1. The van der Waals surface area contributed by atoms with Crippen LogP contribution in [0.25, 0.3) is 10.9 Å². The van der Waals surface area contributed by atoms with Gasteiger partial charge in [0.15, 0.2) is 0 Å². The molecule has 2 rings (SSSR count). The van der Waals surface area contributed by atoms with Crippen molar-refractivity contribution in [2.75, 3.05) is 11.9 Å². The first kappa shape index (κ1) is 15.2. The molecule has 1 heterocycles. The summed E-state index contributed by atoms with van der Waals surface area (Å²) in [6, 6.07) is 4.37. The topological polar surface area (TPSA) is 62.2 Å². The molecule has 0 radical (unpaired) electrons. The van der Waals surface area contributed by atoms with Crippen molar-refractivity contribution in [3.63, 3.8) is 0 Å². The van der Waals surface area contributed by atoms with Gasteiger partial charge in [-0.3, -0.25) is 9.78 Å². The van der Waals surface area contributed by atoms with Gasteiger partial charge in [0.2, 0.25) is 0 Å². The lowest BCUT2D eigenvalue weighted by Gasteiger charge is -2.17. The summed E-state index contributed by atoms with van der Waals surface area (Å²) in [6.07, 6.45) is -0.133. The fourth-order valence-electron chi connectivity index (χ4n) is 2.27. The third-order valence-electron chi connectivity index (χ3n) is 3.27. The molecule has 0 saturated carbocycles. The molecule has 0 aliphatic heterocycles. The van der Waals surface area contributed by atoms with E-state index >= 15 is 0 Å². The second-order valence-corrected chi connectivity index (χ2v) is 5.56. The van der Waals surface area contributed by atoms with E-state index in [1.54, 1.807) is 13.0 Å². The van der Waals surface area contributed by atoms with E-state index in [1.807, 2.05) is 0 Å². The summed E-state index contributed by atoms with van der Waals surface area (Å²) in [5.74, 6) is -0.898. The van der Waals surface area contributed by atoms with Gasteiger partial charge in [-0.2, -0.15) is 0 Å². The van der Waals surface area contributed by atoms with E-state index in [9.17, 15) is 9.18 Å². The minimum Gasteiger partial charge on any atom is -0.481 e. The van der Waals surface area contributed by atoms with Gasteiger partial charge in [0.25, 0.3) is 0 Å². The molecule has 1 aromatic carbocycles. The number of halogens is 1. The van der Waals surface area contributed by atoms with Gasteiger partial charge in [-0.15, -0.1) is 0 Å². The smallest absolute Gasteiger partial charge is 0.307 e. The zero-order valence-electron chi connectivity index (χ0n) is 12.4. The summed E-state index contributed by atoms with van der Waals surface area (Å²) in [7, 11) is 0. The standard InChI is InChI=1S/C16H19FN2O2/c1-9(2)8-18-16-12(7-15(20)21)10(3)19-14-5-4-11(17)6-13(14)16/h4-6,9H,7-8H2,1-3H3,(H,18,19)(H,20,21). The molecule has 0 bridgehead atoms. The van der Waals surface area contributed by atoms with Crippen molar-refractivity contribution in [2.45, 2.75) is 27.2 Å². The molecule has 0 atom stereocenters. The van der Waals surface area contributed by atoms with Crippen LogP contribution in [0.3, 0.4) is 0 Å². The molecule has 0 aliphatic carbocycles. The van der Waals surface area contributed by atoms with Crippen molar-refractivity contribution in [3.05, 3.63) is 35.3 Å². The average Bonchev–Trinajstić information content (AvgIpc) is 2.38. The minimum absolute atomic E-state index is 0.133. The van der Waals surface area contributed by atoms with Crippen molar-refractivity contribution in [1.82, 2.24) is 4.98 Å². The van der Waals surface area contributed by atoms with Crippen LogP contribution in [-0.4, -0.2) is 22.6 Å². The predicted octanol–water partition coefficient (Wildman–Crippen LogP) is 3.38. The highest BCUT2D eigenvalue weighted by Gasteiger charge is 2.16. The van der Waals surface area contributed by atoms with Crippen LogP contribution in [0.15, 0.2) is 18.2 Å². The van der Waals surface area contributed by atoms with Gasteiger partial charge in [0.05, 0.1) is 11.9 Å². The van der Waals surface area contributed by atoms with E-state index in [-0.39, 0.29) is 12.2 Å². The minimum atomic E-state index is -0.928. The van der Waals surface area contributed by atoms with Gasteiger partial charge in [0, 0.05) is 28.9 Å². The predicted molar refractivity (Wildman–Crippen MR) is 81.1 cm³/mol. The maximum absolute atomic E-state index is 13.5. The number of aromatic nitrogens is 1. The van der Waals surface area contributed by atoms with Crippen molar-refractivity contribution in [2.24, 2.45) is 5.92 Å². The number of carbonyl (C=O) groups is 1. The number of aliphatic carboxylic acids is 1. The van der Waals surface area contributed by atoms with Crippen LogP contribution in [0, 0.1) is 18.7 Å². The molecule has 0 fully saturated rings. The Morgan fingerprint density at radius 3 is 2.76 bits per heavy atom. The molecular formula is C16H19FN2O2. The number of benzene rings is 1. The molecule has 5 heteroatoms. The van der Waals surface area contributed by atoms with Crippen molar-refractivity contribution in [1.29, 1.82) is 0 Å². The summed E-state index contributed by atoms with van der Waals surface area (Å²) in [5.41, 5.74) is 2.60. The number of hydrogen-bond donors (Lipinski definition) is 2. The first-order valence-electron chi connectivity index (χ1n) is 6.93. The Hall–Kier alpha value is -2.17. The van der Waals surface area contributed by atoms with E-state index in [2.05, 4.69) is 24.1 Å². The fraction of sp³-hybridized carbons (Fsp3) is 0.375. The van der Waals surface area contributed by atoms with Crippen molar-refractivity contribution in [3.8, 4) is 0 Å². The molecular weight excluding hydrogens is 271 g/mol. The normalized spacial score (nSPS) is 11.1. The quantitative estimate of drug-likeness (QED) is 0.886. The second kappa shape index (κ2) is 6.08. The molecule has 2 N–H and O–H groups in total. The molecule has 0 unspecified atom stereocenters. The molecule has 2 aromatic rings. The lowest BCUT2D eigenvalue weighted by atomic mass is 10.0. The summed E-state index contributed by atoms with van der Waals surface area (Å²) in [5, 5.41) is 13.0. The number of hydrogen-bond acceptors (Lipinski definition) is 3. The second-order valence-electron chi connectivity index (χ2n) is 5.56. The van der Waals surface area contributed by atoms with Crippen LogP contribution in [0.5, 0.6) is 0 Å². The third-order valence-corrected chi connectivity index (χ3v) is 3.27. The van der Waals surface area contributed by atoms with Crippen LogP contribution in [0.2, 0.25) is 0 Å². The number of fused-ring (bicyclic) bond motifs is 1. The van der Waals surface area contributed by atoms with E-state index in [1.165, 1.54) is 12.1 Å². The zero-order chi connectivity index (χ0) is 15.6. The maximum atomic E-state index is 13.5. The van der Waals surface area contributed by atoms with Crippen LogP contribution >= 0.6 is 0 Å². The largest absolute Gasteiger partial charge is 0.481 e. The van der Waals surface area contributed by atoms with E-state index < -0.39 is 5.97 Å². The number of anilines is 1. The number of aryl methyl sites for hydroxylation is 1. The summed E-state index contributed by atoms with van der Waals surface area (Å²) >= 11 is 0. The van der Waals surface area contributed by atoms with E-state index in [0.29, 0.717) is 40.3 Å². The Morgan fingerprint density at radius 2 is 2.14 bits per heavy atom. The molecule has 1 aromatic heterocycles. The van der Waals surface area contributed by atoms with E-state index in [0.717, 1.165) is 0 Å². The number of pyridine rings is 1. The third kappa shape index (κ3) is 3.48. The maximum Gasteiger partial charge on any atom is 0.307 e. The Morgan fingerprint density at radius 1 is 1.43 bits per heavy atom. The van der Waals surface area contributed by atoms with E-state index in [4.69, 9.17) is 5.11 Å². The fourth-order valence-corrected chi connectivity index (χ4v) is 2.27. The molecule has 4 nitrogen and oxygen atoms in total. The summed E-state index contributed by atoms with van der Waals surface area (Å²) in [6.45, 7) is 6.57. The number of rotatable bonds is 5. The van der Waals surface area contributed by atoms with Crippen LogP contribution in [-0.2, 0) is 11.2 Å². The Kier molecular flexibility index (Phi) is 4.40. The van der Waals surface area contributed by atoms with Gasteiger partial charge >= 0.3 is 5.97 Å². The molecule has 0 saturated heterocycles. The van der Waals surface area contributed by atoms with Crippen LogP contribution in [0.4, 0.5) is 10.1 Å². The van der Waals surface area contributed by atoms with Crippen LogP contribution < -0.4 is 5.32 Å². The van der Waals surface area contributed by atoms with Gasteiger partial charge in [-0.05, 0) is 31.0 Å². The Balaban J connectivity index is 2.64. The highest BCUT2D eigenvalue weighted by Crippen LogP contribution is 2.30. The highest BCUT2D eigenvalue weighted by molar-refractivity contribution is 5.94. The number of carboxylic acids is 1. The summed E-state index contributed by atoms with van der Waals surface area (Å²) in [4.78, 5) is 15.5. The molecule has 21 heavy (non-hydrogen) atoms. The molecule has 0 aliphatic rings. The highest BCUT2D eigenvalue weighted by atomic mass is 19.1. The van der Waals surface area contributed by atoms with Gasteiger partial charge in [-0.25, -0.2) is 4.39 Å². The van der Waals surface area contributed by atoms with Gasteiger partial charge in [-0.1, -0.05) is 13.8 Å². The van der Waals surface area contributed by atoms with Gasteiger partial charge < -0.3 is 10.4 Å². The van der Waals surface area contributed by atoms with Crippen molar-refractivity contribution >= 4 is 22.6 Å².